The first-order valence-corrected chi connectivity index (χ1v) is 5.17. The van der Waals surface area contributed by atoms with Crippen molar-refractivity contribution < 1.29 is 5.11 Å². The van der Waals surface area contributed by atoms with Gasteiger partial charge >= 0.3 is 0 Å². The zero-order valence-electron chi connectivity index (χ0n) is 8.18. The lowest BCUT2D eigenvalue weighted by Crippen LogP contribution is -1.87. The zero-order chi connectivity index (χ0) is 11.1. The van der Waals surface area contributed by atoms with E-state index in [1.54, 1.807) is 30.3 Å². The molecule has 0 atom stereocenters. The lowest BCUT2D eigenvalue weighted by molar-refractivity contribution is 0.480. The van der Waals surface area contributed by atoms with Crippen molar-refractivity contribution >= 4 is 33.7 Å². The Morgan fingerprint density at radius 1 is 0.938 bits per heavy atom. The summed E-state index contributed by atoms with van der Waals surface area (Å²) >= 11 is 5.88. The van der Waals surface area contributed by atoms with Gasteiger partial charge in [0.15, 0.2) is 0 Å². The molecule has 0 aliphatic rings. The first-order valence-electron chi connectivity index (χ1n) is 4.79. The Balaban J connectivity index is 2.49. The van der Waals surface area contributed by atoms with E-state index < -0.39 is 0 Å². The van der Waals surface area contributed by atoms with E-state index in [1.165, 1.54) is 0 Å². The van der Waals surface area contributed by atoms with Gasteiger partial charge in [-0.3, -0.25) is 0 Å². The van der Waals surface area contributed by atoms with Crippen molar-refractivity contribution in [2.24, 2.45) is 0 Å². The summed E-state index contributed by atoms with van der Waals surface area (Å²) in [6, 6.07) is 10.4. The van der Waals surface area contributed by atoms with E-state index in [9.17, 15) is 5.11 Å². The van der Waals surface area contributed by atoms with Crippen LogP contribution in [0.5, 0.6) is 5.75 Å². The average Bonchev–Trinajstić information content (AvgIpc) is 2.27. The number of aromatic hydroxyl groups is 1. The zero-order valence-corrected chi connectivity index (χ0v) is 8.94. The standard InChI is InChI=1S/C12H7ClN2O/c13-7-4-5-8-10(6-7)14-9-2-1-3-11(16)12(9)15-8/h1-6,16H. The van der Waals surface area contributed by atoms with Crippen LogP contribution in [0.25, 0.3) is 22.1 Å². The first-order chi connectivity index (χ1) is 7.74. The number of phenols is 1. The fourth-order valence-electron chi connectivity index (χ4n) is 1.66. The molecule has 78 valence electrons. The van der Waals surface area contributed by atoms with Crippen molar-refractivity contribution in [1.29, 1.82) is 0 Å². The van der Waals surface area contributed by atoms with E-state index in [2.05, 4.69) is 9.97 Å². The van der Waals surface area contributed by atoms with Crippen molar-refractivity contribution in [3.8, 4) is 5.75 Å². The summed E-state index contributed by atoms with van der Waals surface area (Å²) < 4.78 is 0. The molecule has 3 nitrogen and oxygen atoms in total. The van der Waals surface area contributed by atoms with E-state index in [4.69, 9.17) is 11.6 Å². The monoisotopic (exact) mass is 230 g/mol. The highest BCUT2D eigenvalue weighted by Crippen LogP contribution is 2.24. The Bertz CT molecular complexity index is 696. The average molecular weight is 231 g/mol. The van der Waals surface area contributed by atoms with Crippen LogP contribution >= 0.6 is 11.6 Å². The highest BCUT2D eigenvalue weighted by molar-refractivity contribution is 6.31. The Morgan fingerprint density at radius 3 is 2.69 bits per heavy atom. The summed E-state index contributed by atoms with van der Waals surface area (Å²) in [6.45, 7) is 0. The molecule has 16 heavy (non-hydrogen) atoms. The molecule has 0 bridgehead atoms. The molecule has 0 aliphatic carbocycles. The molecule has 0 saturated heterocycles. The van der Waals surface area contributed by atoms with Gasteiger partial charge in [0.1, 0.15) is 11.3 Å². The highest BCUT2D eigenvalue weighted by atomic mass is 35.5. The topological polar surface area (TPSA) is 46.0 Å². The van der Waals surface area contributed by atoms with Crippen LogP contribution in [0.3, 0.4) is 0 Å². The van der Waals surface area contributed by atoms with Gasteiger partial charge in [0.05, 0.1) is 16.6 Å². The second-order valence-electron chi connectivity index (χ2n) is 3.50. The van der Waals surface area contributed by atoms with Crippen molar-refractivity contribution in [3.63, 3.8) is 0 Å². The predicted octanol–water partition coefficient (Wildman–Crippen LogP) is 3.14. The smallest absolute Gasteiger partial charge is 0.143 e. The number of para-hydroxylation sites is 1. The van der Waals surface area contributed by atoms with E-state index in [-0.39, 0.29) is 5.75 Å². The number of hydrogen-bond acceptors (Lipinski definition) is 3. The normalized spacial score (nSPS) is 11.1. The molecule has 4 heteroatoms. The SMILES string of the molecule is Oc1cccc2nc3cc(Cl)ccc3nc12. The summed E-state index contributed by atoms with van der Waals surface area (Å²) in [5.74, 6) is 0.141. The molecule has 3 aromatic rings. The van der Waals surface area contributed by atoms with Gasteiger partial charge < -0.3 is 5.11 Å². The maximum atomic E-state index is 9.66. The van der Waals surface area contributed by atoms with Crippen LogP contribution in [0.1, 0.15) is 0 Å². The van der Waals surface area contributed by atoms with Crippen molar-refractivity contribution in [2.45, 2.75) is 0 Å². The summed E-state index contributed by atoms with van der Waals surface area (Å²) in [5.41, 5.74) is 2.62. The number of halogens is 1. The lowest BCUT2D eigenvalue weighted by Gasteiger charge is -2.02. The fourth-order valence-corrected chi connectivity index (χ4v) is 1.82. The number of fused-ring (bicyclic) bond motifs is 2. The molecule has 3 rings (SSSR count). The van der Waals surface area contributed by atoms with Crippen LogP contribution < -0.4 is 0 Å². The van der Waals surface area contributed by atoms with E-state index >= 15 is 0 Å². The molecule has 1 N–H and O–H groups in total. The van der Waals surface area contributed by atoms with Crippen LogP contribution in [0.15, 0.2) is 36.4 Å². The van der Waals surface area contributed by atoms with Crippen LogP contribution in [0.2, 0.25) is 5.02 Å². The molecular formula is C12H7ClN2O. The molecular weight excluding hydrogens is 224 g/mol. The third kappa shape index (κ3) is 1.37. The van der Waals surface area contributed by atoms with Crippen molar-refractivity contribution in [3.05, 3.63) is 41.4 Å². The Labute approximate surface area is 96.3 Å². The minimum absolute atomic E-state index is 0.141. The quantitative estimate of drug-likeness (QED) is 0.604. The van der Waals surface area contributed by atoms with Gasteiger partial charge in [-0.25, -0.2) is 9.97 Å². The summed E-state index contributed by atoms with van der Waals surface area (Å²) in [5, 5.41) is 10.3. The van der Waals surface area contributed by atoms with Gasteiger partial charge in [0, 0.05) is 5.02 Å². The number of benzene rings is 2. The highest BCUT2D eigenvalue weighted by Gasteiger charge is 2.05. The van der Waals surface area contributed by atoms with Crippen LogP contribution in [0, 0.1) is 0 Å². The molecule has 0 saturated carbocycles. The second-order valence-corrected chi connectivity index (χ2v) is 3.94. The molecule has 0 amide bonds. The molecule has 2 aromatic carbocycles. The van der Waals surface area contributed by atoms with Gasteiger partial charge in [-0.15, -0.1) is 0 Å². The number of phenolic OH excluding ortho intramolecular Hbond substituents is 1. The van der Waals surface area contributed by atoms with Gasteiger partial charge in [0.2, 0.25) is 0 Å². The van der Waals surface area contributed by atoms with Crippen molar-refractivity contribution in [1.82, 2.24) is 9.97 Å². The van der Waals surface area contributed by atoms with Gasteiger partial charge in [0.25, 0.3) is 0 Å². The van der Waals surface area contributed by atoms with E-state index in [0.29, 0.717) is 16.1 Å². The van der Waals surface area contributed by atoms with Crippen LogP contribution in [-0.2, 0) is 0 Å². The largest absolute Gasteiger partial charge is 0.506 e. The van der Waals surface area contributed by atoms with E-state index in [0.717, 1.165) is 11.0 Å². The molecule has 0 unspecified atom stereocenters. The minimum Gasteiger partial charge on any atom is -0.506 e. The van der Waals surface area contributed by atoms with Crippen LogP contribution in [0.4, 0.5) is 0 Å². The minimum atomic E-state index is 0.141. The molecule has 0 aliphatic heterocycles. The van der Waals surface area contributed by atoms with Crippen molar-refractivity contribution in [2.75, 3.05) is 0 Å². The predicted molar refractivity (Wildman–Crippen MR) is 63.7 cm³/mol. The Hall–Kier alpha value is -1.87. The molecule has 1 aromatic heterocycles. The van der Waals surface area contributed by atoms with Gasteiger partial charge in [-0.2, -0.15) is 0 Å². The number of rotatable bonds is 0. The number of aromatic nitrogens is 2. The molecule has 1 heterocycles. The third-order valence-electron chi connectivity index (χ3n) is 2.40. The first kappa shape index (κ1) is 9.36. The lowest BCUT2D eigenvalue weighted by atomic mass is 10.2. The molecule has 0 fully saturated rings. The maximum Gasteiger partial charge on any atom is 0.143 e. The van der Waals surface area contributed by atoms with E-state index in [1.807, 2.05) is 6.07 Å². The number of hydrogen-bond donors (Lipinski definition) is 1. The molecule has 0 spiro atoms. The maximum absolute atomic E-state index is 9.66. The molecule has 0 radical (unpaired) electrons. The van der Waals surface area contributed by atoms with Gasteiger partial charge in [-0.05, 0) is 30.3 Å². The number of nitrogens with zero attached hydrogens (tertiary/aromatic N) is 2. The summed E-state index contributed by atoms with van der Waals surface area (Å²) in [7, 11) is 0. The summed E-state index contributed by atoms with van der Waals surface area (Å²) in [4.78, 5) is 8.74. The summed E-state index contributed by atoms with van der Waals surface area (Å²) in [6.07, 6.45) is 0. The Morgan fingerprint density at radius 2 is 1.81 bits per heavy atom. The van der Waals surface area contributed by atoms with Crippen LogP contribution in [-0.4, -0.2) is 15.1 Å². The Kier molecular flexibility index (Phi) is 1.94. The third-order valence-corrected chi connectivity index (χ3v) is 2.64. The van der Waals surface area contributed by atoms with Gasteiger partial charge in [-0.1, -0.05) is 17.7 Å². The second kappa shape index (κ2) is 3.32. The fraction of sp³-hybridized carbons (Fsp3) is 0.